The first-order valence-corrected chi connectivity index (χ1v) is 11.4. The number of aryl methyl sites for hydroxylation is 1. The lowest BCUT2D eigenvalue weighted by molar-refractivity contribution is -0.142. The van der Waals surface area contributed by atoms with Crippen molar-refractivity contribution in [1.82, 2.24) is 10.2 Å². The summed E-state index contributed by atoms with van der Waals surface area (Å²) in [7, 11) is 0. The van der Waals surface area contributed by atoms with E-state index in [1.165, 1.54) is 12.1 Å². The fourth-order valence-electron chi connectivity index (χ4n) is 3.90. The molecule has 3 amide bonds. The van der Waals surface area contributed by atoms with Crippen LogP contribution in [0.4, 0.5) is 14.9 Å². The van der Waals surface area contributed by atoms with E-state index in [1.807, 2.05) is 19.1 Å². The molecule has 0 unspecified atom stereocenters. The van der Waals surface area contributed by atoms with Crippen LogP contribution in [0, 0.1) is 11.2 Å². The Labute approximate surface area is 198 Å². The van der Waals surface area contributed by atoms with Crippen molar-refractivity contribution in [1.29, 1.82) is 0 Å². The Bertz CT molecular complexity index is 987. The maximum atomic E-state index is 13.2. The molecule has 2 aromatic carbocycles. The van der Waals surface area contributed by atoms with E-state index in [0.29, 0.717) is 31.6 Å². The highest BCUT2D eigenvalue weighted by molar-refractivity contribution is 5.86. The molecule has 34 heavy (non-hydrogen) atoms. The summed E-state index contributed by atoms with van der Waals surface area (Å²) in [5.41, 5.74) is 6.97. The molecule has 0 spiro atoms. The highest BCUT2D eigenvalue weighted by atomic mass is 19.1. The van der Waals surface area contributed by atoms with Crippen molar-refractivity contribution >= 4 is 23.6 Å². The molecule has 3 rings (SSSR count). The number of nitrogens with two attached hydrogens (primary N) is 1. The number of piperidine rings is 1. The normalized spacial score (nSPS) is 14.9. The van der Waals surface area contributed by atoms with Crippen LogP contribution < -0.4 is 16.4 Å². The lowest BCUT2D eigenvalue weighted by atomic mass is 9.78. The number of rotatable bonds is 8. The van der Waals surface area contributed by atoms with Crippen molar-refractivity contribution in [3.63, 3.8) is 0 Å². The molecule has 0 radical (unpaired) electrons. The van der Waals surface area contributed by atoms with Crippen molar-refractivity contribution in [3.8, 4) is 0 Å². The Morgan fingerprint density at radius 3 is 2.24 bits per heavy atom. The van der Waals surface area contributed by atoms with Crippen LogP contribution in [0.1, 0.15) is 30.9 Å². The average Bonchev–Trinajstić information content (AvgIpc) is 2.87. The van der Waals surface area contributed by atoms with Gasteiger partial charge < -0.3 is 20.7 Å². The molecular formula is C25H31FN4O4. The predicted octanol–water partition coefficient (Wildman–Crippen LogP) is 2.82. The van der Waals surface area contributed by atoms with Crippen LogP contribution in [0.3, 0.4) is 0 Å². The molecule has 9 heteroatoms. The van der Waals surface area contributed by atoms with Crippen LogP contribution in [0.25, 0.3) is 0 Å². The van der Waals surface area contributed by atoms with Crippen molar-refractivity contribution < 1.29 is 23.5 Å². The molecule has 2 aromatic rings. The van der Waals surface area contributed by atoms with Crippen LogP contribution in [-0.2, 0) is 27.3 Å². The Morgan fingerprint density at radius 2 is 1.65 bits per heavy atom. The van der Waals surface area contributed by atoms with Crippen molar-refractivity contribution in [2.75, 3.05) is 31.6 Å². The number of benzene rings is 2. The number of anilines is 1. The molecule has 1 fully saturated rings. The summed E-state index contributed by atoms with van der Waals surface area (Å²) in [6, 6.07) is 13.3. The molecule has 182 valence electrons. The third kappa shape index (κ3) is 6.54. The largest absolute Gasteiger partial charge is 0.448 e. The Balaban J connectivity index is 1.64. The molecule has 0 saturated carbocycles. The summed E-state index contributed by atoms with van der Waals surface area (Å²) in [5, 5.41) is 5.55. The van der Waals surface area contributed by atoms with E-state index < -0.39 is 11.5 Å². The number of halogens is 1. The molecule has 1 saturated heterocycles. The van der Waals surface area contributed by atoms with Gasteiger partial charge in [-0.25, -0.2) is 9.18 Å². The van der Waals surface area contributed by atoms with Crippen LogP contribution in [0.2, 0.25) is 0 Å². The zero-order valence-electron chi connectivity index (χ0n) is 19.3. The third-order valence-corrected chi connectivity index (χ3v) is 6.18. The molecule has 1 aliphatic rings. The number of ether oxygens (including phenoxy) is 1. The van der Waals surface area contributed by atoms with Gasteiger partial charge in [-0.2, -0.15) is 0 Å². The first-order valence-electron chi connectivity index (χ1n) is 11.4. The van der Waals surface area contributed by atoms with Gasteiger partial charge in [-0.3, -0.25) is 14.9 Å². The maximum Gasteiger partial charge on any atom is 0.411 e. The summed E-state index contributed by atoms with van der Waals surface area (Å²) in [6.07, 6.45) is 0.888. The van der Waals surface area contributed by atoms with Crippen molar-refractivity contribution in [2.45, 2.75) is 32.7 Å². The first kappa shape index (κ1) is 25.2. The molecule has 8 nitrogen and oxygen atoms in total. The Hall–Kier alpha value is -3.46. The smallest absolute Gasteiger partial charge is 0.411 e. The zero-order chi connectivity index (χ0) is 24.6. The van der Waals surface area contributed by atoms with Gasteiger partial charge in [0.25, 0.3) is 0 Å². The van der Waals surface area contributed by atoms with Gasteiger partial charge in [0.1, 0.15) is 12.4 Å². The molecule has 0 aromatic heterocycles. The van der Waals surface area contributed by atoms with Gasteiger partial charge >= 0.3 is 6.09 Å². The van der Waals surface area contributed by atoms with E-state index in [0.717, 1.165) is 17.5 Å². The van der Waals surface area contributed by atoms with Gasteiger partial charge in [-0.15, -0.1) is 0 Å². The minimum absolute atomic E-state index is 0.0977. The van der Waals surface area contributed by atoms with E-state index >= 15 is 0 Å². The molecule has 0 bridgehead atoms. The standard InChI is InChI=1S/C25H31FN4O4/c1-2-18-5-9-21(10-6-18)29-24(33)34-17-25(11-13-30(14-12-25)22(31)15-27)23(32)28-16-19-3-7-20(26)8-4-19/h3-10H,2,11-17,27H2,1H3,(H,28,32)(H,29,33). The number of amides is 3. The summed E-state index contributed by atoms with van der Waals surface area (Å²) < 4.78 is 18.6. The van der Waals surface area contributed by atoms with E-state index in [-0.39, 0.29) is 37.3 Å². The lowest BCUT2D eigenvalue weighted by Crippen LogP contribution is -2.53. The van der Waals surface area contributed by atoms with E-state index in [9.17, 15) is 18.8 Å². The Kier molecular flexibility index (Phi) is 8.59. The SMILES string of the molecule is CCc1ccc(NC(=O)OCC2(C(=O)NCc3ccc(F)cc3)CCN(C(=O)CN)CC2)cc1. The first-order chi connectivity index (χ1) is 16.3. The highest BCUT2D eigenvalue weighted by Crippen LogP contribution is 2.33. The number of carbonyl (C=O) groups excluding carboxylic acids is 3. The second-order valence-corrected chi connectivity index (χ2v) is 8.43. The fourth-order valence-corrected chi connectivity index (χ4v) is 3.90. The number of carbonyl (C=O) groups is 3. The monoisotopic (exact) mass is 470 g/mol. The van der Waals surface area contributed by atoms with Gasteiger partial charge in [0.2, 0.25) is 11.8 Å². The second-order valence-electron chi connectivity index (χ2n) is 8.43. The van der Waals surface area contributed by atoms with Crippen LogP contribution in [-0.4, -0.2) is 49.0 Å². The topological polar surface area (TPSA) is 114 Å². The minimum Gasteiger partial charge on any atom is -0.448 e. The minimum atomic E-state index is -0.991. The molecule has 1 aliphatic heterocycles. The molecule has 1 heterocycles. The zero-order valence-corrected chi connectivity index (χ0v) is 19.3. The number of hydrogen-bond donors (Lipinski definition) is 3. The third-order valence-electron chi connectivity index (χ3n) is 6.18. The van der Waals surface area contributed by atoms with Crippen LogP contribution in [0.15, 0.2) is 48.5 Å². The number of nitrogens with zero attached hydrogens (tertiary/aromatic N) is 1. The lowest BCUT2D eigenvalue weighted by Gasteiger charge is -2.40. The van der Waals surface area contributed by atoms with Gasteiger partial charge in [-0.1, -0.05) is 31.2 Å². The van der Waals surface area contributed by atoms with Crippen molar-refractivity contribution in [2.24, 2.45) is 11.1 Å². The van der Waals surface area contributed by atoms with Crippen LogP contribution in [0.5, 0.6) is 0 Å². The number of likely N-dealkylation sites (tertiary alicyclic amines) is 1. The quantitative estimate of drug-likeness (QED) is 0.549. The summed E-state index contributed by atoms with van der Waals surface area (Å²) in [4.78, 5) is 39.2. The fraction of sp³-hybridized carbons (Fsp3) is 0.400. The summed E-state index contributed by atoms with van der Waals surface area (Å²) >= 11 is 0. The maximum absolute atomic E-state index is 13.2. The van der Waals surface area contributed by atoms with E-state index in [1.54, 1.807) is 29.2 Å². The predicted molar refractivity (Wildman–Crippen MR) is 126 cm³/mol. The number of hydrogen-bond acceptors (Lipinski definition) is 5. The van der Waals surface area contributed by atoms with Crippen molar-refractivity contribution in [3.05, 3.63) is 65.5 Å². The van der Waals surface area contributed by atoms with Gasteiger partial charge in [0.05, 0.1) is 12.0 Å². The van der Waals surface area contributed by atoms with Gasteiger partial charge in [0.15, 0.2) is 0 Å². The summed E-state index contributed by atoms with van der Waals surface area (Å²) in [5.74, 6) is -0.821. The average molecular weight is 471 g/mol. The summed E-state index contributed by atoms with van der Waals surface area (Å²) in [6.45, 7) is 2.70. The Morgan fingerprint density at radius 1 is 1.03 bits per heavy atom. The molecular weight excluding hydrogens is 439 g/mol. The number of nitrogens with one attached hydrogen (secondary N) is 2. The van der Waals surface area contributed by atoms with E-state index in [4.69, 9.17) is 10.5 Å². The molecule has 4 N–H and O–H groups in total. The van der Waals surface area contributed by atoms with Crippen LogP contribution >= 0.6 is 0 Å². The molecule has 0 atom stereocenters. The van der Waals surface area contributed by atoms with E-state index in [2.05, 4.69) is 10.6 Å². The van der Waals surface area contributed by atoms with Gasteiger partial charge in [-0.05, 0) is 54.7 Å². The molecule has 0 aliphatic carbocycles. The second kappa shape index (κ2) is 11.6. The van der Waals surface area contributed by atoms with Gasteiger partial charge in [0, 0.05) is 25.3 Å². The highest BCUT2D eigenvalue weighted by Gasteiger charge is 2.43.